The van der Waals surface area contributed by atoms with Crippen molar-refractivity contribution in [3.63, 3.8) is 0 Å². The van der Waals surface area contributed by atoms with Crippen molar-refractivity contribution in [2.75, 3.05) is 26.5 Å². The van der Waals surface area contributed by atoms with Gasteiger partial charge in [0.25, 0.3) is 0 Å². The molecular formula is C27H28FN7O2. The van der Waals surface area contributed by atoms with Crippen molar-refractivity contribution in [1.29, 1.82) is 0 Å². The van der Waals surface area contributed by atoms with Gasteiger partial charge >= 0.3 is 0 Å². The molecule has 3 aromatic heterocycles. The Morgan fingerprint density at radius 2 is 1.89 bits per heavy atom. The lowest BCUT2D eigenvalue weighted by molar-refractivity contribution is -0.204. The molecule has 0 spiro atoms. The number of carbonyl (C=O) groups is 1. The third kappa shape index (κ3) is 3.58. The number of aryl methyl sites for hydroxylation is 1. The van der Waals surface area contributed by atoms with E-state index in [1.54, 1.807) is 30.0 Å². The van der Waals surface area contributed by atoms with E-state index in [0.717, 1.165) is 30.4 Å². The molecule has 0 radical (unpaired) electrons. The van der Waals surface area contributed by atoms with Crippen LogP contribution in [-0.4, -0.2) is 62.3 Å². The van der Waals surface area contributed by atoms with Crippen LogP contribution in [-0.2, 0) is 11.3 Å². The van der Waals surface area contributed by atoms with Crippen LogP contribution in [0.15, 0.2) is 42.9 Å². The molecule has 0 unspecified atom stereocenters. The lowest BCUT2D eigenvalue weighted by Crippen LogP contribution is -2.76. The van der Waals surface area contributed by atoms with Gasteiger partial charge in [0.2, 0.25) is 5.91 Å². The number of carbonyl (C=O) groups excluding carboxylic acids is 1. The summed E-state index contributed by atoms with van der Waals surface area (Å²) in [7, 11) is 5.68. The second kappa shape index (κ2) is 8.31. The quantitative estimate of drug-likeness (QED) is 0.406. The van der Waals surface area contributed by atoms with Crippen LogP contribution in [0.4, 0.5) is 10.2 Å². The molecule has 1 aromatic carbocycles. The van der Waals surface area contributed by atoms with Crippen LogP contribution in [0.25, 0.3) is 33.5 Å². The van der Waals surface area contributed by atoms with Crippen LogP contribution in [0, 0.1) is 11.2 Å². The van der Waals surface area contributed by atoms with Crippen molar-refractivity contribution in [3.8, 4) is 28.3 Å². The predicted octanol–water partition coefficient (Wildman–Crippen LogP) is 4.15. The molecule has 3 saturated carbocycles. The van der Waals surface area contributed by atoms with Gasteiger partial charge in [0, 0.05) is 35.5 Å². The first-order valence-electron chi connectivity index (χ1n) is 12.3. The minimum atomic E-state index is -0.347. The molecule has 37 heavy (non-hydrogen) atoms. The lowest BCUT2D eigenvalue weighted by atomic mass is 9.38. The Hall–Kier alpha value is -3.92. The van der Waals surface area contributed by atoms with Gasteiger partial charge in [-0.25, -0.2) is 19.3 Å². The molecule has 3 aliphatic carbocycles. The highest BCUT2D eigenvalue weighted by Gasteiger charge is 2.72. The molecule has 3 heterocycles. The summed E-state index contributed by atoms with van der Waals surface area (Å²) < 4.78 is 21.0. The topological polar surface area (TPSA) is 98.1 Å². The van der Waals surface area contributed by atoms with Crippen molar-refractivity contribution in [3.05, 3.63) is 48.7 Å². The molecule has 3 fully saturated rings. The number of methoxy groups -OCH3 is 1. The number of rotatable bonds is 7. The van der Waals surface area contributed by atoms with E-state index < -0.39 is 0 Å². The van der Waals surface area contributed by atoms with Crippen molar-refractivity contribution < 1.29 is 13.9 Å². The largest absolute Gasteiger partial charge is 0.493 e. The number of halogens is 1. The fourth-order valence-corrected chi connectivity index (χ4v) is 5.68. The zero-order valence-corrected chi connectivity index (χ0v) is 21.2. The average Bonchev–Trinajstić information content (AvgIpc) is 3.26. The van der Waals surface area contributed by atoms with E-state index in [0.29, 0.717) is 40.5 Å². The highest BCUT2D eigenvalue weighted by atomic mass is 19.1. The SMILES string of the molecule is CCn1cc(-c2ncnc3cc(OC)c(NC(=O)C45CC(N(C)C)(C4)C5)nc23)c(-c2ccc(F)cc2)n1. The number of nitrogens with zero attached hydrogens (tertiary/aromatic N) is 6. The Morgan fingerprint density at radius 3 is 2.54 bits per heavy atom. The van der Waals surface area contributed by atoms with Crippen molar-refractivity contribution >= 4 is 22.8 Å². The zero-order chi connectivity index (χ0) is 25.9. The summed E-state index contributed by atoms with van der Waals surface area (Å²) in [6.07, 6.45) is 5.91. The van der Waals surface area contributed by atoms with Crippen molar-refractivity contribution in [2.24, 2.45) is 5.41 Å². The fraction of sp³-hybridized carbons (Fsp3) is 0.370. The van der Waals surface area contributed by atoms with E-state index in [-0.39, 0.29) is 22.7 Å². The number of aromatic nitrogens is 5. The van der Waals surface area contributed by atoms with Gasteiger partial charge in [0.15, 0.2) is 11.6 Å². The summed E-state index contributed by atoms with van der Waals surface area (Å²) in [4.78, 5) is 29.3. The molecule has 0 aliphatic heterocycles. The highest BCUT2D eigenvalue weighted by molar-refractivity contribution is 6.01. The minimum absolute atomic E-state index is 0.0365. The maximum Gasteiger partial charge on any atom is 0.232 e. The summed E-state index contributed by atoms with van der Waals surface area (Å²) in [5, 5.41) is 7.73. The highest BCUT2D eigenvalue weighted by Crippen LogP contribution is 2.69. The number of hydrogen-bond acceptors (Lipinski definition) is 7. The summed E-state index contributed by atoms with van der Waals surface area (Å²) in [5.74, 6) is 0.418. The molecule has 9 nitrogen and oxygen atoms in total. The van der Waals surface area contributed by atoms with E-state index >= 15 is 0 Å². The number of amides is 1. The number of nitrogens with one attached hydrogen (secondary N) is 1. The normalized spacial score (nSPS) is 22.0. The second-order valence-electron chi connectivity index (χ2n) is 10.3. The maximum absolute atomic E-state index is 13.6. The van der Waals surface area contributed by atoms with Gasteiger partial charge in [-0.15, -0.1) is 0 Å². The molecule has 4 aromatic rings. The van der Waals surface area contributed by atoms with Crippen molar-refractivity contribution in [1.82, 2.24) is 29.6 Å². The van der Waals surface area contributed by atoms with E-state index in [2.05, 4.69) is 34.3 Å². The molecule has 1 amide bonds. The number of pyridine rings is 1. The second-order valence-corrected chi connectivity index (χ2v) is 10.3. The Kier molecular flexibility index (Phi) is 5.27. The molecule has 190 valence electrons. The lowest BCUT2D eigenvalue weighted by Gasteiger charge is -2.71. The summed E-state index contributed by atoms with van der Waals surface area (Å²) in [6, 6.07) is 7.95. The van der Waals surface area contributed by atoms with E-state index in [9.17, 15) is 9.18 Å². The smallest absolute Gasteiger partial charge is 0.232 e. The molecule has 0 atom stereocenters. The Bertz CT molecular complexity index is 1510. The van der Waals surface area contributed by atoms with Crippen LogP contribution < -0.4 is 10.1 Å². The first-order valence-corrected chi connectivity index (χ1v) is 12.3. The molecule has 0 saturated heterocycles. The average molecular weight is 502 g/mol. The van der Waals surface area contributed by atoms with Gasteiger partial charge in [-0.2, -0.15) is 5.10 Å². The number of anilines is 1. The van der Waals surface area contributed by atoms with Gasteiger partial charge in [0.1, 0.15) is 29.0 Å². The van der Waals surface area contributed by atoms with E-state index in [1.807, 2.05) is 13.1 Å². The maximum atomic E-state index is 13.6. The predicted molar refractivity (Wildman–Crippen MR) is 138 cm³/mol. The van der Waals surface area contributed by atoms with Crippen LogP contribution in [0.5, 0.6) is 5.75 Å². The molecule has 2 bridgehead atoms. The summed E-state index contributed by atoms with van der Waals surface area (Å²) in [6.45, 7) is 2.64. The van der Waals surface area contributed by atoms with Crippen LogP contribution in [0.3, 0.4) is 0 Å². The Labute approximate surface area is 213 Å². The third-order valence-corrected chi connectivity index (χ3v) is 7.92. The summed E-state index contributed by atoms with van der Waals surface area (Å²) in [5.41, 5.74) is 3.62. The standard InChI is InChI=1S/C27H28FN7O2/c1-5-35-11-18(21(33-35)16-6-8-17(28)9-7-16)22-23-19(29-15-30-22)10-20(37-4)24(31-23)32-25(36)26-12-27(13-26,14-26)34(2)3/h6-11,15H,5,12-14H2,1-4H3,(H,31,32,36). The third-order valence-electron chi connectivity index (χ3n) is 7.92. The first kappa shape index (κ1) is 23.5. The van der Waals surface area contributed by atoms with Gasteiger partial charge in [-0.1, -0.05) is 0 Å². The van der Waals surface area contributed by atoms with E-state index in [1.165, 1.54) is 18.5 Å². The number of benzene rings is 1. The Balaban J connectivity index is 1.41. The molecular weight excluding hydrogens is 473 g/mol. The Morgan fingerprint density at radius 1 is 1.16 bits per heavy atom. The molecule has 7 rings (SSSR count). The van der Waals surface area contributed by atoms with Crippen LogP contribution >= 0.6 is 0 Å². The molecule has 3 aliphatic rings. The number of hydrogen-bond donors (Lipinski definition) is 1. The van der Waals surface area contributed by atoms with Gasteiger partial charge < -0.3 is 15.0 Å². The molecule has 1 N–H and O–H groups in total. The number of ether oxygens (including phenoxy) is 1. The van der Waals surface area contributed by atoms with Crippen LogP contribution in [0.2, 0.25) is 0 Å². The van der Waals surface area contributed by atoms with Crippen molar-refractivity contribution in [2.45, 2.75) is 38.3 Å². The monoisotopic (exact) mass is 501 g/mol. The van der Waals surface area contributed by atoms with Gasteiger partial charge in [0.05, 0.1) is 18.0 Å². The van der Waals surface area contributed by atoms with Gasteiger partial charge in [-0.05, 0) is 64.5 Å². The molecule has 10 heteroatoms. The fourth-order valence-electron chi connectivity index (χ4n) is 5.68. The number of fused-ring (bicyclic) bond motifs is 1. The van der Waals surface area contributed by atoms with E-state index in [4.69, 9.17) is 14.8 Å². The first-order chi connectivity index (χ1) is 17.8. The summed E-state index contributed by atoms with van der Waals surface area (Å²) >= 11 is 0. The zero-order valence-electron chi connectivity index (χ0n) is 21.2. The van der Waals surface area contributed by atoms with Crippen LogP contribution in [0.1, 0.15) is 26.2 Å². The minimum Gasteiger partial charge on any atom is -0.493 e. The van der Waals surface area contributed by atoms with Gasteiger partial charge in [-0.3, -0.25) is 9.48 Å².